The van der Waals surface area contributed by atoms with Gasteiger partial charge in [-0.3, -0.25) is 4.79 Å². The zero-order valence-electron chi connectivity index (χ0n) is 11.3. The molecule has 2 N–H and O–H groups in total. The van der Waals surface area contributed by atoms with E-state index >= 15 is 0 Å². The van der Waals surface area contributed by atoms with Crippen LogP contribution in [0.15, 0.2) is 10.6 Å². The van der Waals surface area contributed by atoms with E-state index in [9.17, 15) is 4.79 Å². The summed E-state index contributed by atoms with van der Waals surface area (Å²) in [5.74, 6) is 1.86. The number of carbonyl (C=O) groups excluding carboxylic acids is 1. The number of nitrogens with zero attached hydrogens (tertiary/aromatic N) is 1. The second-order valence-electron chi connectivity index (χ2n) is 3.92. The summed E-state index contributed by atoms with van der Waals surface area (Å²) in [4.78, 5) is 11.3. The highest BCUT2D eigenvalue weighted by Crippen LogP contribution is 2.14. The smallest absolute Gasteiger partial charge is 0.322 e. The van der Waals surface area contributed by atoms with Gasteiger partial charge in [0.25, 0.3) is 0 Å². The quantitative estimate of drug-likeness (QED) is 0.542. The lowest BCUT2D eigenvalue weighted by atomic mass is 10.2. The second-order valence-corrected chi connectivity index (χ2v) is 5.02. The van der Waals surface area contributed by atoms with Gasteiger partial charge in [0.05, 0.1) is 12.3 Å². The summed E-state index contributed by atoms with van der Waals surface area (Å²) in [6, 6.07) is 1.32. The van der Waals surface area contributed by atoms with Crippen molar-refractivity contribution in [3.05, 3.63) is 17.5 Å². The Bertz CT molecular complexity index is 384. The second kappa shape index (κ2) is 8.95. The molecule has 0 saturated carbocycles. The zero-order chi connectivity index (χ0) is 14.1. The maximum absolute atomic E-state index is 11.3. The van der Waals surface area contributed by atoms with Crippen LogP contribution in [0.25, 0.3) is 0 Å². The Balaban J connectivity index is 2.17. The van der Waals surface area contributed by atoms with Gasteiger partial charge in [-0.05, 0) is 19.1 Å². The third-order valence-corrected chi connectivity index (χ3v) is 3.33. The Morgan fingerprint density at radius 1 is 1.63 bits per heavy atom. The molecule has 0 aliphatic carbocycles. The number of thioether (sulfide) groups is 1. The molecule has 7 heteroatoms. The summed E-state index contributed by atoms with van der Waals surface area (Å²) in [7, 11) is 1.60. The molecule has 0 aromatic carbocycles. The van der Waals surface area contributed by atoms with E-state index in [1.54, 1.807) is 25.8 Å². The molecule has 0 aliphatic heterocycles. The SMILES string of the molecule is CCOC(=O)C(N)CCSCc1cc(COC)on1. The van der Waals surface area contributed by atoms with Crippen LogP contribution < -0.4 is 5.73 Å². The van der Waals surface area contributed by atoms with E-state index in [0.717, 1.165) is 17.2 Å². The van der Waals surface area contributed by atoms with Gasteiger partial charge in [0.15, 0.2) is 5.76 Å². The molecule has 0 radical (unpaired) electrons. The van der Waals surface area contributed by atoms with E-state index in [0.29, 0.717) is 25.4 Å². The topological polar surface area (TPSA) is 87.6 Å². The number of carbonyl (C=O) groups is 1. The van der Waals surface area contributed by atoms with Crippen LogP contribution in [-0.2, 0) is 26.6 Å². The van der Waals surface area contributed by atoms with Crippen LogP contribution in [0.1, 0.15) is 24.8 Å². The van der Waals surface area contributed by atoms with Crippen LogP contribution >= 0.6 is 11.8 Å². The van der Waals surface area contributed by atoms with Crippen LogP contribution in [0, 0.1) is 0 Å². The van der Waals surface area contributed by atoms with Gasteiger partial charge in [-0.15, -0.1) is 0 Å². The first-order chi connectivity index (χ1) is 9.17. The average molecular weight is 288 g/mol. The lowest BCUT2D eigenvalue weighted by molar-refractivity contribution is -0.144. The van der Waals surface area contributed by atoms with E-state index in [1.807, 2.05) is 6.07 Å². The zero-order valence-corrected chi connectivity index (χ0v) is 12.1. The van der Waals surface area contributed by atoms with Gasteiger partial charge in [-0.25, -0.2) is 0 Å². The van der Waals surface area contributed by atoms with E-state index in [1.165, 1.54) is 0 Å². The van der Waals surface area contributed by atoms with Gasteiger partial charge >= 0.3 is 5.97 Å². The summed E-state index contributed by atoms with van der Waals surface area (Å²) in [5.41, 5.74) is 6.55. The average Bonchev–Trinajstić information content (AvgIpc) is 2.83. The van der Waals surface area contributed by atoms with Crippen molar-refractivity contribution in [3.8, 4) is 0 Å². The van der Waals surface area contributed by atoms with Crippen LogP contribution in [-0.4, -0.2) is 36.6 Å². The molecule has 1 atom stereocenters. The van der Waals surface area contributed by atoms with Crippen LogP contribution in [0.5, 0.6) is 0 Å². The summed E-state index contributed by atoms with van der Waals surface area (Å²) in [6.45, 7) is 2.55. The Hall–Kier alpha value is -1.05. The van der Waals surface area contributed by atoms with Crippen molar-refractivity contribution in [1.29, 1.82) is 0 Å². The van der Waals surface area contributed by atoms with E-state index in [4.69, 9.17) is 19.7 Å². The number of rotatable bonds is 9. The molecule has 1 unspecified atom stereocenters. The normalized spacial score (nSPS) is 12.4. The van der Waals surface area contributed by atoms with Crippen molar-refractivity contribution in [3.63, 3.8) is 0 Å². The number of ether oxygens (including phenoxy) is 2. The van der Waals surface area contributed by atoms with Gasteiger partial charge in [-0.2, -0.15) is 11.8 Å². The fourth-order valence-corrected chi connectivity index (χ4v) is 2.30. The molecule has 108 valence electrons. The fraction of sp³-hybridized carbons (Fsp3) is 0.667. The molecular formula is C12H20N2O4S. The third kappa shape index (κ3) is 6.09. The largest absolute Gasteiger partial charge is 0.465 e. The number of methoxy groups -OCH3 is 1. The first-order valence-corrected chi connectivity index (χ1v) is 7.26. The Labute approximate surface area is 117 Å². The third-order valence-electron chi connectivity index (χ3n) is 2.31. The van der Waals surface area contributed by atoms with Gasteiger partial charge in [0, 0.05) is 18.9 Å². The summed E-state index contributed by atoms with van der Waals surface area (Å²) < 4.78 is 14.8. The predicted molar refractivity (Wildman–Crippen MR) is 72.6 cm³/mol. The molecule has 1 aromatic rings. The predicted octanol–water partition coefficient (Wildman–Crippen LogP) is 1.33. The first-order valence-electron chi connectivity index (χ1n) is 6.10. The van der Waals surface area contributed by atoms with Crippen molar-refractivity contribution in [2.45, 2.75) is 31.7 Å². The molecule has 0 aliphatic rings. The van der Waals surface area contributed by atoms with Crippen molar-refractivity contribution in [2.75, 3.05) is 19.5 Å². The number of hydrogen-bond donors (Lipinski definition) is 1. The maximum atomic E-state index is 11.3. The molecule has 1 rings (SSSR count). The first kappa shape index (κ1) is 16.0. The fourth-order valence-electron chi connectivity index (χ4n) is 1.39. The number of hydrogen-bond acceptors (Lipinski definition) is 7. The Morgan fingerprint density at radius 3 is 3.11 bits per heavy atom. The van der Waals surface area contributed by atoms with Crippen molar-refractivity contribution in [2.24, 2.45) is 5.73 Å². The van der Waals surface area contributed by atoms with E-state index in [-0.39, 0.29) is 5.97 Å². The van der Waals surface area contributed by atoms with Crippen molar-refractivity contribution in [1.82, 2.24) is 5.16 Å². The van der Waals surface area contributed by atoms with E-state index < -0.39 is 6.04 Å². The summed E-state index contributed by atoms with van der Waals surface area (Å²) in [6.07, 6.45) is 0.590. The molecule has 1 aromatic heterocycles. The molecule has 0 amide bonds. The summed E-state index contributed by atoms with van der Waals surface area (Å²) >= 11 is 1.65. The van der Waals surface area contributed by atoms with Crippen LogP contribution in [0.3, 0.4) is 0 Å². The van der Waals surface area contributed by atoms with Gasteiger partial charge in [0.1, 0.15) is 12.6 Å². The minimum absolute atomic E-state index is 0.341. The van der Waals surface area contributed by atoms with Gasteiger partial charge in [-0.1, -0.05) is 5.16 Å². The molecule has 6 nitrogen and oxygen atoms in total. The lowest BCUT2D eigenvalue weighted by Crippen LogP contribution is -2.32. The monoisotopic (exact) mass is 288 g/mol. The van der Waals surface area contributed by atoms with Crippen molar-refractivity contribution < 1.29 is 18.8 Å². The highest BCUT2D eigenvalue weighted by molar-refractivity contribution is 7.98. The van der Waals surface area contributed by atoms with Gasteiger partial charge < -0.3 is 19.7 Å². The maximum Gasteiger partial charge on any atom is 0.322 e. The molecular weight excluding hydrogens is 268 g/mol. The summed E-state index contributed by atoms with van der Waals surface area (Å²) in [5, 5.41) is 3.92. The molecule has 0 saturated heterocycles. The molecule has 0 fully saturated rings. The number of nitrogens with two attached hydrogens (primary N) is 1. The highest BCUT2D eigenvalue weighted by atomic mass is 32.2. The molecule has 1 heterocycles. The molecule has 0 bridgehead atoms. The Kier molecular flexibility index (Phi) is 7.54. The number of esters is 1. The number of aromatic nitrogens is 1. The molecule has 0 spiro atoms. The molecule has 19 heavy (non-hydrogen) atoms. The van der Waals surface area contributed by atoms with Crippen molar-refractivity contribution >= 4 is 17.7 Å². The van der Waals surface area contributed by atoms with Gasteiger partial charge in [0.2, 0.25) is 0 Å². The Morgan fingerprint density at radius 2 is 2.42 bits per heavy atom. The van der Waals surface area contributed by atoms with E-state index in [2.05, 4.69) is 5.16 Å². The van der Waals surface area contributed by atoms with Crippen LogP contribution in [0.2, 0.25) is 0 Å². The standard InChI is InChI=1S/C12H20N2O4S/c1-3-17-12(15)11(13)4-5-19-8-9-6-10(7-16-2)18-14-9/h6,11H,3-5,7-8,13H2,1-2H3. The van der Waals surface area contributed by atoms with Crippen LogP contribution in [0.4, 0.5) is 0 Å². The highest BCUT2D eigenvalue weighted by Gasteiger charge is 2.14. The minimum atomic E-state index is -0.547. The minimum Gasteiger partial charge on any atom is -0.465 e. The lowest BCUT2D eigenvalue weighted by Gasteiger charge is -2.09.